The molecule has 0 atom stereocenters. The van der Waals surface area contributed by atoms with E-state index < -0.39 is 0 Å². The predicted octanol–water partition coefficient (Wildman–Crippen LogP) is 16.0. The monoisotopic (exact) mass is 795 g/mol. The summed E-state index contributed by atoms with van der Waals surface area (Å²) in [6.07, 6.45) is 3.92. The van der Waals surface area contributed by atoms with E-state index in [9.17, 15) is 0 Å². The first-order valence-electron chi connectivity index (χ1n) is 22.2. The zero-order valence-corrected chi connectivity index (χ0v) is 35.5. The quantitative estimate of drug-likeness (QED) is 0.155. The van der Waals surface area contributed by atoms with E-state index in [-0.39, 0.29) is 5.41 Å². The molecule has 0 amide bonds. The van der Waals surface area contributed by atoms with Crippen molar-refractivity contribution in [3.8, 4) is 55.6 Å². The number of anilines is 3. The molecule has 0 spiro atoms. The fourth-order valence-electron chi connectivity index (χ4n) is 10.2. The lowest BCUT2D eigenvalue weighted by Gasteiger charge is -2.32. The van der Waals surface area contributed by atoms with E-state index in [1.165, 1.54) is 100 Å². The Morgan fingerprint density at radius 2 is 0.855 bits per heavy atom. The summed E-state index contributed by atoms with van der Waals surface area (Å²) in [5.41, 5.74) is 24.1. The fourth-order valence-corrected chi connectivity index (χ4v) is 10.2. The molecule has 0 aliphatic heterocycles. The van der Waals surface area contributed by atoms with Crippen LogP contribution in [0, 0.1) is 0 Å². The van der Waals surface area contributed by atoms with Crippen LogP contribution in [0.5, 0.6) is 0 Å². The van der Waals surface area contributed by atoms with Gasteiger partial charge in [-0.2, -0.15) is 0 Å². The van der Waals surface area contributed by atoms with Gasteiger partial charge in [0.25, 0.3) is 0 Å². The third-order valence-electron chi connectivity index (χ3n) is 13.5. The second kappa shape index (κ2) is 15.7. The summed E-state index contributed by atoms with van der Waals surface area (Å²) in [6, 6.07) is 79.5. The number of nitrogens with zero attached hydrogens (tertiary/aromatic N) is 1. The number of benzene rings is 9. The number of rotatable bonds is 7. The normalized spacial score (nSPS) is 13.5. The molecule has 0 aromatic heterocycles. The standard InChI is InChI=1S/C61H49N/c1-61(2)56-24-13-12-21-53(56)55-40-54(47-19-10-5-11-20-47)59(41-57(55)61)62(58-39-44-30-29-42-25-27-43(28-26-42)31-33-48(58)34-32-44)50-37-35-49(36-38-50)60-51(45-15-6-3-7-16-45)22-14-23-52(60)46-17-8-4-9-18-46/h3-28,32,34-41H,29-31,33H2,1-2H3. The molecule has 62 heavy (non-hydrogen) atoms. The Labute approximate surface area is 366 Å². The van der Waals surface area contributed by atoms with Gasteiger partial charge in [-0.05, 0) is 139 Å². The van der Waals surface area contributed by atoms with E-state index in [4.69, 9.17) is 0 Å². The maximum atomic E-state index is 2.60. The highest BCUT2D eigenvalue weighted by Gasteiger charge is 2.37. The van der Waals surface area contributed by atoms with Crippen molar-refractivity contribution in [1.82, 2.24) is 0 Å². The largest absolute Gasteiger partial charge is 0.310 e. The van der Waals surface area contributed by atoms with Crippen LogP contribution in [0.2, 0.25) is 0 Å². The molecule has 5 aliphatic rings. The minimum Gasteiger partial charge on any atom is -0.310 e. The maximum Gasteiger partial charge on any atom is 0.0543 e. The number of hydrogen-bond acceptors (Lipinski definition) is 1. The van der Waals surface area contributed by atoms with Gasteiger partial charge in [-0.15, -0.1) is 0 Å². The Kier molecular flexibility index (Phi) is 9.54. The molecule has 9 aromatic rings. The first kappa shape index (κ1) is 37.8. The topological polar surface area (TPSA) is 3.24 Å². The average Bonchev–Trinajstić information content (AvgIpc) is 3.55. The molecule has 14 rings (SSSR count). The van der Waals surface area contributed by atoms with Gasteiger partial charge < -0.3 is 4.90 Å². The maximum absolute atomic E-state index is 2.60. The summed E-state index contributed by atoms with van der Waals surface area (Å²) in [5, 5.41) is 0. The zero-order valence-electron chi connectivity index (χ0n) is 35.5. The highest BCUT2D eigenvalue weighted by molar-refractivity contribution is 5.97. The third kappa shape index (κ3) is 6.75. The molecule has 0 saturated carbocycles. The Balaban J connectivity index is 1.15. The van der Waals surface area contributed by atoms with E-state index in [0.29, 0.717) is 0 Å². The van der Waals surface area contributed by atoms with Crippen molar-refractivity contribution in [2.45, 2.75) is 44.9 Å². The Bertz CT molecular complexity index is 2990. The van der Waals surface area contributed by atoms with E-state index in [1.807, 2.05) is 0 Å². The predicted molar refractivity (Wildman–Crippen MR) is 262 cm³/mol. The van der Waals surface area contributed by atoms with Crippen molar-refractivity contribution in [3.05, 3.63) is 246 Å². The van der Waals surface area contributed by atoms with Gasteiger partial charge in [-0.3, -0.25) is 0 Å². The van der Waals surface area contributed by atoms with Crippen LogP contribution >= 0.6 is 0 Å². The minimum absolute atomic E-state index is 0.159. The Morgan fingerprint density at radius 1 is 0.339 bits per heavy atom. The molecule has 1 nitrogen and oxygen atoms in total. The fraction of sp³-hybridized carbons (Fsp3) is 0.115. The van der Waals surface area contributed by atoms with Crippen LogP contribution in [0.3, 0.4) is 0 Å². The molecule has 0 radical (unpaired) electrons. The van der Waals surface area contributed by atoms with E-state index in [1.54, 1.807) is 0 Å². The van der Waals surface area contributed by atoms with E-state index in [0.717, 1.165) is 31.4 Å². The van der Waals surface area contributed by atoms with Gasteiger partial charge in [0.1, 0.15) is 0 Å². The van der Waals surface area contributed by atoms with E-state index in [2.05, 4.69) is 231 Å². The summed E-state index contributed by atoms with van der Waals surface area (Å²) < 4.78 is 0. The molecule has 5 aliphatic carbocycles. The molecule has 0 heterocycles. The van der Waals surface area contributed by atoms with Crippen molar-refractivity contribution in [1.29, 1.82) is 0 Å². The third-order valence-corrected chi connectivity index (χ3v) is 13.5. The first-order valence-corrected chi connectivity index (χ1v) is 22.2. The van der Waals surface area contributed by atoms with E-state index >= 15 is 0 Å². The summed E-state index contributed by atoms with van der Waals surface area (Å²) in [6.45, 7) is 4.79. The number of fused-ring (bicyclic) bond motifs is 3. The Morgan fingerprint density at radius 3 is 1.48 bits per heavy atom. The zero-order chi connectivity index (χ0) is 41.6. The smallest absolute Gasteiger partial charge is 0.0543 e. The van der Waals surface area contributed by atoms with Crippen LogP contribution in [0.25, 0.3) is 55.6 Å². The number of hydrogen-bond donors (Lipinski definition) is 0. The van der Waals surface area contributed by atoms with Gasteiger partial charge in [0.2, 0.25) is 0 Å². The lowest BCUT2D eigenvalue weighted by atomic mass is 9.81. The van der Waals surface area contributed by atoms with Crippen LogP contribution in [-0.2, 0) is 31.1 Å². The van der Waals surface area contributed by atoms with Crippen molar-refractivity contribution in [2.75, 3.05) is 4.90 Å². The van der Waals surface area contributed by atoms with Crippen molar-refractivity contribution < 1.29 is 0 Å². The van der Waals surface area contributed by atoms with Crippen LogP contribution in [0.15, 0.2) is 212 Å². The summed E-state index contributed by atoms with van der Waals surface area (Å²) in [4.78, 5) is 2.60. The van der Waals surface area contributed by atoms with Gasteiger partial charge in [-0.1, -0.05) is 196 Å². The van der Waals surface area contributed by atoms with Gasteiger partial charge >= 0.3 is 0 Å². The Hall–Kier alpha value is -7.22. The van der Waals surface area contributed by atoms with Crippen LogP contribution in [-0.4, -0.2) is 0 Å². The molecule has 298 valence electrons. The van der Waals surface area contributed by atoms with Crippen molar-refractivity contribution in [3.63, 3.8) is 0 Å². The van der Waals surface area contributed by atoms with Crippen LogP contribution < -0.4 is 4.90 Å². The van der Waals surface area contributed by atoms with Gasteiger partial charge in [-0.25, -0.2) is 0 Å². The molecular weight excluding hydrogens is 747 g/mol. The SMILES string of the molecule is CC1(C)c2ccccc2-c2cc(-c3ccccc3)c(N(c3ccc(-c4c(-c5ccccc5)cccc4-c4ccccc4)cc3)c3cc4ccc3CCc3ccc(cc3)CC4)cc21. The molecule has 4 bridgehead atoms. The molecule has 0 N–H and O–H groups in total. The molecule has 0 unspecified atom stereocenters. The van der Waals surface area contributed by atoms with Gasteiger partial charge in [0.05, 0.1) is 5.69 Å². The molecule has 0 saturated heterocycles. The molecule has 0 fully saturated rings. The van der Waals surface area contributed by atoms with Gasteiger partial charge in [0, 0.05) is 22.4 Å². The van der Waals surface area contributed by atoms with Gasteiger partial charge in [0.15, 0.2) is 0 Å². The molecular formula is C61H49N. The van der Waals surface area contributed by atoms with Crippen molar-refractivity contribution in [2.24, 2.45) is 0 Å². The van der Waals surface area contributed by atoms with Crippen LogP contribution in [0.4, 0.5) is 17.1 Å². The lowest BCUT2D eigenvalue weighted by molar-refractivity contribution is 0.660. The summed E-state index contributed by atoms with van der Waals surface area (Å²) >= 11 is 0. The molecule has 9 aromatic carbocycles. The second-order valence-electron chi connectivity index (χ2n) is 17.6. The highest BCUT2D eigenvalue weighted by atomic mass is 15.1. The number of aryl methyl sites for hydroxylation is 4. The van der Waals surface area contributed by atoms with Crippen LogP contribution in [0.1, 0.15) is 47.2 Å². The highest BCUT2D eigenvalue weighted by Crippen LogP contribution is 2.54. The molecule has 1 heteroatoms. The summed E-state index contributed by atoms with van der Waals surface area (Å²) in [5.74, 6) is 0. The van der Waals surface area contributed by atoms with Crippen molar-refractivity contribution >= 4 is 17.1 Å². The average molecular weight is 796 g/mol. The lowest BCUT2D eigenvalue weighted by Crippen LogP contribution is -2.18. The minimum atomic E-state index is -0.159. The summed E-state index contributed by atoms with van der Waals surface area (Å²) in [7, 11) is 0. The first-order chi connectivity index (χ1) is 30.5. The second-order valence-corrected chi connectivity index (χ2v) is 17.6.